The van der Waals surface area contributed by atoms with Crippen molar-refractivity contribution in [1.82, 2.24) is 0 Å². The van der Waals surface area contributed by atoms with Crippen LogP contribution >= 0.6 is 23.2 Å². The zero-order valence-corrected chi connectivity index (χ0v) is 11.6. The van der Waals surface area contributed by atoms with Gasteiger partial charge in [0.15, 0.2) is 0 Å². The van der Waals surface area contributed by atoms with Crippen LogP contribution in [-0.2, 0) is 0 Å². The molecule has 0 rings (SSSR count). The maximum atomic E-state index is 5.93. The summed E-state index contributed by atoms with van der Waals surface area (Å²) < 4.78 is 0. The molecule has 0 aromatic rings. The molecular formula is C13H26Cl2. The van der Waals surface area contributed by atoms with Crippen molar-refractivity contribution in [3.63, 3.8) is 0 Å². The summed E-state index contributed by atoms with van der Waals surface area (Å²) >= 11 is 11.6. The van der Waals surface area contributed by atoms with E-state index in [1.54, 1.807) is 0 Å². The first-order valence-electron chi connectivity index (χ1n) is 6.51. The van der Waals surface area contributed by atoms with Crippen molar-refractivity contribution in [1.29, 1.82) is 0 Å². The first kappa shape index (κ1) is 15.6. The van der Waals surface area contributed by atoms with E-state index in [1.807, 2.05) is 0 Å². The van der Waals surface area contributed by atoms with Crippen LogP contribution in [0.4, 0.5) is 0 Å². The molecule has 0 saturated heterocycles. The van der Waals surface area contributed by atoms with E-state index >= 15 is 0 Å². The van der Waals surface area contributed by atoms with Gasteiger partial charge in [-0.3, -0.25) is 0 Å². The molecule has 0 radical (unpaired) electrons. The monoisotopic (exact) mass is 252 g/mol. The number of hydrogen-bond donors (Lipinski definition) is 0. The molecule has 0 aliphatic carbocycles. The maximum absolute atomic E-state index is 5.93. The molecule has 2 heteroatoms. The Labute approximate surface area is 106 Å². The van der Waals surface area contributed by atoms with Crippen LogP contribution in [0.1, 0.15) is 71.1 Å². The minimum atomic E-state index is 0.191. The Balaban J connectivity index is 2.92. The van der Waals surface area contributed by atoms with Gasteiger partial charge in [-0.15, -0.1) is 23.2 Å². The van der Waals surface area contributed by atoms with Gasteiger partial charge in [0, 0.05) is 11.3 Å². The van der Waals surface area contributed by atoms with Gasteiger partial charge in [0.25, 0.3) is 0 Å². The SMILES string of the molecule is CCCCCCCCCCC[C@H](Cl)CCl. The molecule has 92 valence electrons. The average Bonchev–Trinajstić information content (AvgIpc) is 2.26. The molecule has 0 heterocycles. The smallest absolute Gasteiger partial charge is 0.0471 e. The lowest BCUT2D eigenvalue weighted by molar-refractivity contribution is 0.555. The van der Waals surface area contributed by atoms with Crippen LogP contribution in [0.15, 0.2) is 0 Å². The second kappa shape index (κ2) is 12.6. The number of rotatable bonds is 11. The summed E-state index contributed by atoms with van der Waals surface area (Å²) in [5.74, 6) is 0.596. The fourth-order valence-electron chi connectivity index (χ4n) is 1.75. The fourth-order valence-corrected chi connectivity index (χ4v) is 2.06. The van der Waals surface area contributed by atoms with Crippen molar-refractivity contribution in [2.75, 3.05) is 5.88 Å². The van der Waals surface area contributed by atoms with Gasteiger partial charge in [0.2, 0.25) is 0 Å². The molecule has 0 unspecified atom stereocenters. The Kier molecular flexibility index (Phi) is 13.1. The molecular weight excluding hydrogens is 227 g/mol. The highest BCUT2D eigenvalue weighted by molar-refractivity contribution is 6.28. The first-order chi connectivity index (χ1) is 7.31. The van der Waals surface area contributed by atoms with Crippen molar-refractivity contribution in [3.05, 3.63) is 0 Å². The van der Waals surface area contributed by atoms with Crippen molar-refractivity contribution in [2.24, 2.45) is 0 Å². The van der Waals surface area contributed by atoms with Gasteiger partial charge in [-0.2, -0.15) is 0 Å². The summed E-state index contributed by atoms with van der Waals surface area (Å²) in [5.41, 5.74) is 0. The van der Waals surface area contributed by atoms with Crippen molar-refractivity contribution < 1.29 is 0 Å². The Morgan fingerprint density at radius 3 is 1.73 bits per heavy atom. The normalized spacial score (nSPS) is 13.0. The van der Waals surface area contributed by atoms with Crippen LogP contribution in [-0.4, -0.2) is 11.3 Å². The highest BCUT2D eigenvalue weighted by atomic mass is 35.5. The lowest BCUT2D eigenvalue weighted by Gasteiger charge is -2.04. The van der Waals surface area contributed by atoms with Gasteiger partial charge in [0.05, 0.1) is 0 Å². The van der Waals surface area contributed by atoms with Crippen LogP contribution in [0.25, 0.3) is 0 Å². The zero-order valence-electron chi connectivity index (χ0n) is 10.1. The predicted molar refractivity (Wildman–Crippen MR) is 72.2 cm³/mol. The standard InChI is InChI=1S/C13H26Cl2/c1-2-3-4-5-6-7-8-9-10-11-13(15)12-14/h13H,2-12H2,1H3/t13-/m0/s1. The van der Waals surface area contributed by atoms with Crippen LogP contribution in [0.5, 0.6) is 0 Å². The molecule has 0 bridgehead atoms. The quantitative estimate of drug-likeness (QED) is 0.324. The summed E-state index contributed by atoms with van der Waals surface area (Å²) in [5, 5.41) is 0.191. The minimum Gasteiger partial charge on any atom is -0.125 e. The third-order valence-electron chi connectivity index (χ3n) is 2.79. The Hall–Kier alpha value is 0.580. The van der Waals surface area contributed by atoms with Crippen LogP contribution in [0, 0.1) is 0 Å². The summed E-state index contributed by atoms with van der Waals surface area (Å²) in [6.45, 7) is 2.26. The fraction of sp³-hybridized carbons (Fsp3) is 1.00. The number of halogens is 2. The van der Waals surface area contributed by atoms with E-state index in [0.717, 1.165) is 6.42 Å². The number of unbranched alkanes of at least 4 members (excludes halogenated alkanes) is 8. The molecule has 0 N–H and O–H groups in total. The predicted octanol–water partition coefficient (Wildman–Crippen LogP) is 5.75. The molecule has 0 fully saturated rings. The van der Waals surface area contributed by atoms with Gasteiger partial charge in [-0.05, 0) is 6.42 Å². The summed E-state index contributed by atoms with van der Waals surface area (Å²) in [6.07, 6.45) is 13.4. The molecule has 0 spiro atoms. The van der Waals surface area contributed by atoms with Crippen LogP contribution < -0.4 is 0 Å². The highest BCUT2D eigenvalue weighted by Gasteiger charge is 2.01. The molecule has 0 nitrogen and oxygen atoms in total. The van der Waals surface area contributed by atoms with Gasteiger partial charge in [-0.25, -0.2) is 0 Å². The van der Waals surface area contributed by atoms with Gasteiger partial charge in [-0.1, -0.05) is 64.7 Å². The third kappa shape index (κ3) is 12.5. The molecule has 0 aromatic carbocycles. The molecule has 1 atom stereocenters. The largest absolute Gasteiger partial charge is 0.125 e. The van der Waals surface area contributed by atoms with E-state index in [9.17, 15) is 0 Å². The summed E-state index contributed by atoms with van der Waals surface area (Å²) in [4.78, 5) is 0. The van der Waals surface area contributed by atoms with E-state index in [-0.39, 0.29) is 5.38 Å². The lowest BCUT2D eigenvalue weighted by atomic mass is 10.1. The van der Waals surface area contributed by atoms with E-state index < -0.39 is 0 Å². The second-order valence-corrected chi connectivity index (χ2v) is 5.29. The van der Waals surface area contributed by atoms with Crippen molar-refractivity contribution >= 4 is 23.2 Å². The van der Waals surface area contributed by atoms with Crippen molar-refractivity contribution in [2.45, 2.75) is 76.5 Å². The van der Waals surface area contributed by atoms with E-state index in [2.05, 4.69) is 6.92 Å². The van der Waals surface area contributed by atoms with Crippen LogP contribution in [0.3, 0.4) is 0 Å². The zero-order chi connectivity index (χ0) is 11.4. The van der Waals surface area contributed by atoms with Gasteiger partial charge in [0.1, 0.15) is 0 Å². The number of alkyl halides is 2. The topological polar surface area (TPSA) is 0 Å². The molecule has 0 aromatic heterocycles. The van der Waals surface area contributed by atoms with E-state index in [4.69, 9.17) is 23.2 Å². The molecule has 15 heavy (non-hydrogen) atoms. The van der Waals surface area contributed by atoms with Gasteiger partial charge < -0.3 is 0 Å². The molecule has 0 aliphatic rings. The van der Waals surface area contributed by atoms with Crippen molar-refractivity contribution in [3.8, 4) is 0 Å². The van der Waals surface area contributed by atoms with E-state index in [1.165, 1.54) is 57.8 Å². The minimum absolute atomic E-state index is 0.191. The summed E-state index contributed by atoms with van der Waals surface area (Å²) in [7, 11) is 0. The van der Waals surface area contributed by atoms with Crippen LogP contribution in [0.2, 0.25) is 0 Å². The average molecular weight is 253 g/mol. The van der Waals surface area contributed by atoms with E-state index in [0.29, 0.717) is 5.88 Å². The Morgan fingerprint density at radius 2 is 1.27 bits per heavy atom. The third-order valence-corrected chi connectivity index (χ3v) is 3.69. The first-order valence-corrected chi connectivity index (χ1v) is 7.48. The highest BCUT2D eigenvalue weighted by Crippen LogP contribution is 2.13. The molecule has 0 saturated carbocycles. The van der Waals surface area contributed by atoms with Gasteiger partial charge >= 0.3 is 0 Å². The Bertz CT molecular complexity index is 115. The Morgan fingerprint density at radius 1 is 0.800 bits per heavy atom. The molecule has 0 aliphatic heterocycles. The second-order valence-electron chi connectivity index (χ2n) is 4.37. The maximum Gasteiger partial charge on any atom is 0.0471 e. The lowest BCUT2D eigenvalue weighted by Crippen LogP contribution is -1.99. The summed E-state index contributed by atoms with van der Waals surface area (Å²) in [6, 6.07) is 0. The number of hydrogen-bond acceptors (Lipinski definition) is 0. The molecule has 0 amide bonds.